The number of amides is 3. The maximum atomic E-state index is 12.0. The lowest BCUT2D eigenvalue weighted by Gasteiger charge is -2.24. The summed E-state index contributed by atoms with van der Waals surface area (Å²) in [7, 11) is 0. The van der Waals surface area contributed by atoms with Gasteiger partial charge < -0.3 is 16.0 Å². The van der Waals surface area contributed by atoms with Gasteiger partial charge >= 0.3 is 6.03 Å². The van der Waals surface area contributed by atoms with E-state index in [0.717, 1.165) is 26.1 Å². The topological polar surface area (TPSA) is 78.7 Å². The van der Waals surface area contributed by atoms with Gasteiger partial charge in [0.05, 0.1) is 0 Å². The molecule has 0 aromatic carbocycles. The Morgan fingerprint density at radius 3 is 2.42 bits per heavy atom. The smallest absolute Gasteiger partial charge is 0.325 e. The van der Waals surface area contributed by atoms with E-state index in [1.165, 1.54) is 4.90 Å². The molecule has 0 aromatic rings. The average molecular weight is 268 g/mol. The van der Waals surface area contributed by atoms with E-state index in [2.05, 4.69) is 17.1 Å². The van der Waals surface area contributed by atoms with Crippen molar-refractivity contribution in [3.8, 4) is 0 Å². The summed E-state index contributed by atoms with van der Waals surface area (Å²) < 4.78 is 0. The molecule has 0 aromatic heterocycles. The Hall–Kier alpha value is -1.14. The highest BCUT2D eigenvalue weighted by Gasteiger charge is 2.44. The summed E-state index contributed by atoms with van der Waals surface area (Å²) in [4.78, 5) is 27.4. The molecule has 3 N–H and O–H groups in total. The van der Waals surface area contributed by atoms with Crippen LogP contribution >= 0.6 is 0 Å². The molecular formula is C13H24N4O2. The van der Waals surface area contributed by atoms with Crippen LogP contribution in [0.1, 0.15) is 27.2 Å². The second-order valence-corrected chi connectivity index (χ2v) is 6.55. The van der Waals surface area contributed by atoms with Crippen molar-refractivity contribution >= 4 is 11.9 Å². The fourth-order valence-electron chi connectivity index (χ4n) is 2.75. The molecule has 6 nitrogen and oxygen atoms in total. The summed E-state index contributed by atoms with van der Waals surface area (Å²) in [6, 6.07) is -0.282. The summed E-state index contributed by atoms with van der Waals surface area (Å²) in [6.07, 6.45) is 1.08. The number of rotatable bonds is 4. The number of nitrogens with two attached hydrogens (primary N) is 1. The number of urea groups is 1. The molecule has 2 fully saturated rings. The molecule has 0 radical (unpaired) electrons. The molecule has 19 heavy (non-hydrogen) atoms. The van der Waals surface area contributed by atoms with Crippen LogP contribution in [-0.2, 0) is 4.79 Å². The third kappa shape index (κ3) is 2.74. The fourth-order valence-corrected chi connectivity index (χ4v) is 2.75. The molecule has 1 unspecified atom stereocenters. The largest absolute Gasteiger partial charge is 0.330 e. The predicted octanol–water partition coefficient (Wildman–Crippen LogP) is -0.0125. The summed E-state index contributed by atoms with van der Waals surface area (Å²) in [6.45, 7) is 9.43. The maximum absolute atomic E-state index is 12.0. The Balaban J connectivity index is 1.87. The molecule has 108 valence electrons. The van der Waals surface area contributed by atoms with Gasteiger partial charge in [0.15, 0.2) is 0 Å². The second-order valence-electron chi connectivity index (χ2n) is 6.55. The van der Waals surface area contributed by atoms with E-state index in [0.29, 0.717) is 13.1 Å². The lowest BCUT2D eigenvalue weighted by molar-refractivity contribution is -0.130. The Morgan fingerprint density at radius 1 is 1.26 bits per heavy atom. The van der Waals surface area contributed by atoms with E-state index in [4.69, 9.17) is 5.73 Å². The lowest BCUT2D eigenvalue weighted by Crippen LogP contribution is -2.42. The highest BCUT2D eigenvalue weighted by molar-refractivity contribution is 6.06. The zero-order valence-electron chi connectivity index (χ0n) is 12.0. The molecule has 0 bridgehead atoms. The van der Waals surface area contributed by atoms with Crippen molar-refractivity contribution in [1.29, 1.82) is 0 Å². The molecule has 2 saturated heterocycles. The molecule has 2 aliphatic heterocycles. The normalized spacial score (nSPS) is 31.1. The zero-order chi connectivity index (χ0) is 14.3. The van der Waals surface area contributed by atoms with Crippen molar-refractivity contribution in [2.45, 2.75) is 32.7 Å². The minimum Gasteiger partial charge on any atom is -0.330 e. The molecule has 2 aliphatic rings. The fraction of sp³-hybridized carbons (Fsp3) is 0.846. The van der Waals surface area contributed by atoms with E-state index in [9.17, 15) is 9.59 Å². The number of carbonyl (C=O) groups is 2. The number of imide groups is 1. The Labute approximate surface area is 114 Å². The molecule has 2 heterocycles. The van der Waals surface area contributed by atoms with Gasteiger partial charge in [0.25, 0.3) is 5.91 Å². The third-order valence-corrected chi connectivity index (χ3v) is 4.21. The Kier molecular flexibility index (Phi) is 3.57. The Morgan fingerprint density at radius 2 is 1.95 bits per heavy atom. The van der Waals surface area contributed by atoms with E-state index in [1.807, 2.05) is 0 Å². The summed E-state index contributed by atoms with van der Waals surface area (Å²) in [5.41, 5.74) is 5.18. The number of carbonyl (C=O) groups excluding carboxylic acids is 2. The minimum atomic E-state index is -0.770. The third-order valence-electron chi connectivity index (χ3n) is 4.21. The van der Waals surface area contributed by atoms with Crippen LogP contribution in [0.3, 0.4) is 0 Å². The highest BCUT2D eigenvalue weighted by Crippen LogP contribution is 2.28. The molecule has 0 saturated carbocycles. The van der Waals surface area contributed by atoms with E-state index in [-0.39, 0.29) is 17.4 Å². The number of hydrogen-bond donors (Lipinski definition) is 2. The lowest BCUT2D eigenvalue weighted by atomic mass is 9.90. The van der Waals surface area contributed by atoms with Gasteiger partial charge in [-0.25, -0.2) is 4.79 Å². The van der Waals surface area contributed by atoms with Crippen LogP contribution in [0.2, 0.25) is 0 Å². The van der Waals surface area contributed by atoms with Gasteiger partial charge in [0.2, 0.25) is 0 Å². The van der Waals surface area contributed by atoms with E-state index >= 15 is 0 Å². The number of likely N-dealkylation sites (tertiary alicyclic amines) is 1. The van der Waals surface area contributed by atoms with E-state index in [1.54, 1.807) is 13.8 Å². The van der Waals surface area contributed by atoms with Crippen LogP contribution in [0.15, 0.2) is 0 Å². The number of nitrogens with zero attached hydrogens (tertiary/aromatic N) is 2. The standard InChI is InChI=1S/C13H24N4O2/c1-12(2)10(18)17(11(19)15-12)7-6-16-5-4-13(3,8-14)9-16/h4-9,14H2,1-3H3,(H,15,19). The molecule has 3 amide bonds. The first-order chi connectivity index (χ1) is 8.77. The van der Waals surface area contributed by atoms with Crippen LogP contribution in [-0.4, -0.2) is 60.0 Å². The summed E-state index contributed by atoms with van der Waals surface area (Å²) in [5, 5.41) is 2.69. The van der Waals surface area contributed by atoms with Crippen LogP contribution < -0.4 is 11.1 Å². The number of hydrogen-bond acceptors (Lipinski definition) is 4. The quantitative estimate of drug-likeness (QED) is 0.703. The first-order valence-corrected chi connectivity index (χ1v) is 6.84. The molecule has 2 rings (SSSR count). The number of nitrogens with one attached hydrogen (secondary N) is 1. The van der Waals surface area contributed by atoms with Crippen molar-refractivity contribution in [1.82, 2.24) is 15.1 Å². The first kappa shape index (κ1) is 14.3. The summed E-state index contributed by atoms with van der Waals surface area (Å²) >= 11 is 0. The second kappa shape index (κ2) is 4.76. The van der Waals surface area contributed by atoms with Gasteiger partial charge in [-0.3, -0.25) is 9.69 Å². The van der Waals surface area contributed by atoms with Gasteiger partial charge in [-0.1, -0.05) is 6.92 Å². The van der Waals surface area contributed by atoms with E-state index < -0.39 is 5.54 Å². The first-order valence-electron chi connectivity index (χ1n) is 6.84. The maximum Gasteiger partial charge on any atom is 0.325 e. The van der Waals surface area contributed by atoms with Gasteiger partial charge in [-0.15, -0.1) is 0 Å². The van der Waals surface area contributed by atoms with Gasteiger partial charge in [0.1, 0.15) is 5.54 Å². The van der Waals surface area contributed by atoms with Crippen LogP contribution in [0.4, 0.5) is 4.79 Å². The van der Waals surface area contributed by atoms with Crippen molar-refractivity contribution in [2.24, 2.45) is 11.1 Å². The van der Waals surface area contributed by atoms with Crippen molar-refractivity contribution in [3.05, 3.63) is 0 Å². The average Bonchev–Trinajstić information content (AvgIpc) is 2.79. The molecular weight excluding hydrogens is 244 g/mol. The van der Waals surface area contributed by atoms with Gasteiger partial charge in [0, 0.05) is 19.6 Å². The highest BCUT2D eigenvalue weighted by atomic mass is 16.2. The Bertz CT molecular complexity index is 396. The van der Waals surface area contributed by atoms with Crippen molar-refractivity contribution in [2.75, 3.05) is 32.7 Å². The molecule has 6 heteroatoms. The van der Waals surface area contributed by atoms with Crippen LogP contribution in [0, 0.1) is 5.41 Å². The van der Waals surface area contributed by atoms with Crippen molar-refractivity contribution in [3.63, 3.8) is 0 Å². The van der Waals surface area contributed by atoms with Crippen LogP contribution in [0.25, 0.3) is 0 Å². The van der Waals surface area contributed by atoms with Crippen molar-refractivity contribution < 1.29 is 9.59 Å². The van der Waals surface area contributed by atoms with Crippen LogP contribution in [0.5, 0.6) is 0 Å². The molecule has 1 atom stereocenters. The molecule has 0 spiro atoms. The minimum absolute atomic E-state index is 0.140. The SMILES string of the molecule is CC1(CN)CCN(CCN2C(=O)NC(C)(C)C2=O)C1. The van der Waals surface area contributed by atoms with Gasteiger partial charge in [-0.05, 0) is 38.8 Å². The van der Waals surface area contributed by atoms with Gasteiger partial charge in [-0.2, -0.15) is 0 Å². The zero-order valence-corrected chi connectivity index (χ0v) is 12.0. The predicted molar refractivity (Wildman–Crippen MR) is 72.5 cm³/mol. The molecule has 0 aliphatic carbocycles. The summed E-state index contributed by atoms with van der Waals surface area (Å²) in [5.74, 6) is -0.140. The monoisotopic (exact) mass is 268 g/mol.